The Morgan fingerprint density at radius 1 is 0.812 bits per heavy atom. The summed E-state index contributed by atoms with van der Waals surface area (Å²) in [5.41, 5.74) is 4.60. The summed E-state index contributed by atoms with van der Waals surface area (Å²) in [6, 6.07) is 16.9. The van der Waals surface area contributed by atoms with Crippen LogP contribution in [-0.4, -0.2) is 5.92 Å². The van der Waals surface area contributed by atoms with E-state index >= 15 is 0 Å². The number of hydrogen-bond donors (Lipinski definition) is 0. The molecule has 1 unspecified atom stereocenters. The maximum absolute atomic E-state index is 13.7. The van der Waals surface area contributed by atoms with Gasteiger partial charge in [-0.1, -0.05) is 113 Å². The second-order valence-corrected chi connectivity index (χ2v) is 9.56. The normalized spacial score (nSPS) is 18.3. The fourth-order valence-electron chi connectivity index (χ4n) is 4.81. The molecule has 0 saturated heterocycles. The zero-order chi connectivity index (χ0) is 22.7. The summed E-state index contributed by atoms with van der Waals surface area (Å²) >= 11 is 0. The molecule has 0 N–H and O–H groups in total. The highest BCUT2D eigenvalue weighted by molar-refractivity contribution is 5.66. The van der Waals surface area contributed by atoms with E-state index in [1.807, 2.05) is 12.1 Å². The Bertz CT molecular complexity index is 802. The van der Waals surface area contributed by atoms with Crippen LogP contribution in [0.25, 0.3) is 17.2 Å². The van der Waals surface area contributed by atoms with Crippen LogP contribution >= 0.6 is 0 Å². The molecule has 174 valence electrons. The smallest absolute Gasteiger partial charge is 0.207 e. The number of alkyl halides is 2. The Hall–Kier alpha value is -1.96. The summed E-state index contributed by atoms with van der Waals surface area (Å²) in [6.07, 6.45) is 18.1. The highest BCUT2D eigenvalue weighted by Crippen LogP contribution is 2.42. The molecule has 2 aromatic rings. The van der Waals surface area contributed by atoms with Gasteiger partial charge in [-0.15, -0.1) is 0 Å². The van der Waals surface area contributed by atoms with Gasteiger partial charge in [0.2, 0.25) is 5.92 Å². The van der Waals surface area contributed by atoms with Crippen molar-refractivity contribution < 1.29 is 8.78 Å². The molecule has 0 amide bonds. The monoisotopic (exact) mass is 438 g/mol. The number of rotatable bonds is 12. The Morgan fingerprint density at radius 3 is 2.03 bits per heavy atom. The molecule has 32 heavy (non-hydrogen) atoms. The minimum absolute atomic E-state index is 0.00760. The molecule has 0 aliphatic heterocycles. The van der Waals surface area contributed by atoms with Gasteiger partial charge in [0.1, 0.15) is 0 Å². The number of unbranched alkanes of at least 4 members (excludes halogenated alkanes) is 8. The molecule has 2 heteroatoms. The van der Waals surface area contributed by atoms with E-state index < -0.39 is 5.92 Å². The van der Waals surface area contributed by atoms with Gasteiger partial charge in [-0.25, -0.2) is 8.78 Å². The maximum Gasteiger partial charge on any atom is 0.248 e. The van der Waals surface area contributed by atoms with E-state index in [4.69, 9.17) is 0 Å². The van der Waals surface area contributed by atoms with Gasteiger partial charge >= 0.3 is 0 Å². The van der Waals surface area contributed by atoms with E-state index in [1.54, 1.807) is 0 Å². The molecule has 3 rings (SSSR count). The first kappa shape index (κ1) is 24.7. The number of allylic oxidation sites excluding steroid dienone is 1. The minimum Gasteiger partial charge on any atom is -0.207 e. The van der Waals surface area contributed by atoms with Crippen molar-refractivity contribution in [2.75, 3.05) is 0 Å². The van der Waals surface area contributed by atoms with Gasteiger partial charge in [-0.2, -0.15) is 0 Å². The van der Waals surface area contributed by atoms with E-state index in [0.717, 1.165) is 24.0 Å². The minimum atomic E-state index is -2.50. The van der Waals surface area contributed by atoms with Crippen LogP contribution in [0.4, 0.5) is 8.78 Å². The highest BCUT2D eigenvalue weighted by atomic mass is 19.3. The number of benzene rings is 2. The van der Waals surface area contributed by atoms with E-state index in [-0.39, 0.29) is 18.8 Å². The van der Waals surface area contributed by atoms with Crippen LogP contribution in [0.15, 0.2) is 54.6 Å². The van der Waals surface area contributed by atoms with Crippen molar-refractivity contribution in [2.24, 2.45) is 0 Å². The van der Waals surface area contributed by atoms with Gasteiger partial charge in [0, 0.05) is 12.8 Å². The first-order chi connectivity index (χ1) is 15.6. The van der Waals surface area contributed by atoms with Crippen LogP contribution in [0.5, 0.6) is 0 Å². The molecular formula is C30H40F2. The second kappa shape index (κ2) is 12.9. The molecule has 1 aliphatic carbocycles. The maximum atomic E-state index is 13.7. The fraction of sp³-hybridized carbons (Fsp3) is 0.533. The van der Waals surface area contributed by atoms with E-state index in [9.17, 15) is 8.78 Å². The van der Waals surface area contributed by atoms with Crippen LogP contribution in [0.2, 0.25) is 0 Å². The molecule has 0 heterocycles. The molecule has 1 fully saturated rings. The zero-order valence-corrected chi connectivity index (χ0v) is 19.8. The summed E-state index contributed by atoms with van der Waals surface area (Å²) in [5, 5.41) is 0. The lowest BCUT2D eigenvalue weighted by molar-refractivity contribution is -0.0408. The average Bonchev–Trinajstić information content (AvgIpc) is 2.80. The summed E-state index contributed by atoms with van der Waals surface area (Å²) < 4.78 is 27.5. The largest absolute Gasteiger partial charge is 0.248 e. The van der Waals surface area contributed by atoms with Gasteiger partial charge in [-0.05, 0) is 53.9 Å². The second-order valence-electron chi connectivity index (χ2n) is 9.56. The quantitative estimate of drug-likeness (QED) is 0.289. The van der Waals surface area contributed by atoms with Crippen LogP contribution < -0.4 is 0 Å². The van der Waals surface area contributed by atoms with Gasteiger partial charge in [0.05, 0.1) is 0 Å². The van der Waals surface area contributed by atoms with Gasteiger partial charge in [0.15, 0.2) is 0 Å². The lowest BCUT2D eigenvalue weighted by atomic mass is 9.81. The molecule has 0 aromatic heterocycles. The van der Waals surface area contributed by atoms with Crippen molar-refractivity contribution in [3.8, 4) is 11.1 Å². The van der Waals surface area contributed by atoms with Crippen LogP contribution in [0.1, 0.15) is 107 Å². The molecule has 1 saturated carbocycles. The molecule has 0 bridgehead atoms. The Balaban J connectivity index is 1.42. The lowest BCUT2D eigenvalue weighted by Crippen LogP contribution is -2.24. The summed E-state index contributed by atoms with van der Waals surface area (Å²) in [4.78, 5) is 0. The molecule has 1 atom stereocenters. The SMILES string of the molecule is CCCCCCCCCC/C=C/c1ccc(-c2ccc(C3CCCC(F)(F)C3)cc2)cc1. The van der Waals surface area contributed by atoms with E-state index in [2.05, 4.69) is 55.5 Å². The molecule has 1 aliphatic rings. The summed E-state index contributed by atoms with van der Waals surface area (Å²) in [6.45, 7) is 2.27. The van der Waals surface area contributed by atoms with Crippen LogP contribution in [0.3, 0.4) is 0 Å². The highest BCUT2D eigenvalue weighted by Gasteiger charge is 2.36. The van der Waals surface area contributed by atoms with Crippen molar-refractivity contribution in [3.05, 3.63) is 65.7 Å². The standard InChI is InChI=1S/C30H40F2/c1-2-3-4-5-6-7-8-9-10-11-13-25-15-17-26(18-16-25)27-19-21-28(22-20-27)29-14-12-23-30(31,32)24-29/h11,13,15-22,29H,2-10,12,14,23-24H2,1H3/b13-11+. The first-order valence-corrected chi connectivity index (χ1v) is 12.8. The van der Waals surface area contributed by atoms with E-state index in [1.165, 1.54) is 62.5 Å². The van der Waals surface area contributed by atoms with E-state index in [0.29, 0.717) is 6.42 Å². The predicted octanol–water partition coefficient (Wildman–Crippen LogP) is 10.2. The summed E-state index contributed by atoms with van der Waals surface area (Å²) in [7, 11) is 0. The van der Waals surface area contributed by atoms with Crippen molar-refractivity contribution in [1.82, 2.24) is 0 Å². The molecule has 0 nitrogen and oxygen atoms in total. The fourth-order valence-corrected chi connectivity index (χ4v) is 4.81. The third-order valence-corrected chi connectivity index (χ3v) is 6.80. The van der Waals surface area contributed by atoms with Gasteiger partial charge in [-0.3, -0.25) is 0 Å². The Labute approximate surface area is 194 Å². The molecule has 2 aromatic carbocycles. The topological polar surface area (TPSA) is 0 Å². The van der Waals surface area contributed by atoms with Crippen molar-refractivity contribution in [2.45, 2.75) is 102 Å². The van der Waals surface area contributed by atoms with Gasteiger partial charge in [0.25, 0.3) is 0 Å². The van der Waals surface area contributed by atoms with Crippen molar-refractivity contribution in [1.29, 1.82) is 0 Å². The predicted molar refractivity (Wildman–Crippen MR) is 134 cm³/mol. The van der Waals surface area contributed by atoms with Crippen LogP contribution in [0, 0.1) is 0 Å². The Kier molecular flexibility index (Phi) is 9.96. The van der Waals surface area contributed by atoms with Crippen molar-refractivity contribution in [3.63, 3.8) is 0 Å². The average molecular weight is 439 g/mol. The third kappa shape index (κ3) is 8.19. The number of halogens is 2. The summed E-state index contributed by atoms with van der Waals surface area (Å²) in [5.74, 6) is -2.51. The van der Waals surface area contributed by atoms with Crippen LogP contribution in [-0.2, 0) is 0 Å². The zero-order valence-electron chi connectivity index (χ0n) is 19.8. The molecule has 0 spiro atoms. The number of hydrogen-bond acceptors (Lipinski definition) is 0. The Morgan fingerprint density at radius 2 is 1.41 bits per heavy atom. The molecular weight excluding hydrogens is 398 g/mol. The lowest BCUT2D eigenvalue weighted by Gasteiger charge is -2.29. The van der Waals surface area contributed by atoms with Gasteiger partial charge < -0.3 is 0 Å². The molecule has 0 radical (unpaired) electrons. The first-order valence-electron chi connectivity index (χ1n) is 12.8. The third-order valence-electron chi connectivity index (χ3n) is 6.80. The van der Waals surface area contributed by atoms with Crippen molar-refractivity contribution >= 4 is 6.08 Å².